The van der Waals surface area contributed by atoms with Crippen molar-refractivity contribution >= 4 is 21.6 Å². The van der Waals surface area contributed by atoms with Gasteiger partial charge in [-0.25, -0.2) is 0 Å². The minimum Gasteiger partial charge on any atom is -0.0942 e. The zero-order valence-electron chi connectivity index (χ0n) is 22.6. The lowest BCUT2D eigenvalue weighted by molar-refractivity contribution is 0.532. The Morgan fingerprint density at radius 2 is 0.438 bits per heavy atom. The minimum atomic E-state index is 1.37. The molecule has 194 valence electrons. The second-order valence-corrected chi connectivity index (χ2v) is 12.8. The number of hydrogen-bond donors (Lipinski definition) is 0. The summed E-state index contributed by atoms with van der Waals surface area (Å²) in [5, 5.41) is 0. The molecule has 2 heteroatoms. The van der Waals surface area contributed by atoms with Gasteiger partial charge in [0.25, 0.3) is 0 Å². The van der Waals surface area contributed by atoms with Crippen LogP contribution in [0.25, 0.3) is 0 Å². The Hall–Kier alpha value is 0.700. The van der Waals surface area contributed by atoms with E-state index in [1.54, 1.807) is 0 Å². The van der Waals surface area contributed by atoms with Gasteiger partial charge in [-0.05, 0) is 12.8 Å². The molecule has 0 heterocycles. The monoisotopic (exact) mass is 486 g/mol. The van der Waals surface area contributed by atoms with E-state index in [4.69, 9.17) is 0 Å². The quantitative estimate of drug-likeness (QED) is 0.0761. The van der Waals surface area contributed by atoms with Crippen LogP contribution in [0.5, 0.6) is 0 Å². The van der Waals surface area contributed by atoms with Gasteiger partial charge in [0.1, 0.15) is 0 Å². The lowest BCUT2D eigenvalue weighted by Crippen LogP contribution is -1.85. The highest BCUT2D eigenvalue weighted by Gasteiger charge is 1.97. The molecule has 0 saturated heterocycles. The molecule has 0 rings (SSSR count). The summed E-state index contributed by atoms with van der Waals surface area (Å²) in [4.78, 5) is 0. The Bertz CT molecular complexity index is 275. The summed E-state index contributed by atoms with van der Waals surface area (Å²) in [7, 11) is 4.27. The van der Waals surface area contributed by atoms with Gasteiger partial charge in [-0.15, -0.1) is 0 Å². The number of rotatable bonds is 29. The smallest absolute Gasteiger partial charge is 0.00369 e. The van der Waals surface area contributed by atoms with Crippen molar-refractivity contribution in [3.63, 3.8) is 0 Å². The summed E-state index contributed by atoms with van der Waals surface area (Å²) in [6.45, 7) is 4.61. The van der Waals surface area contributed by atoms with Crippen LogP contribution in [-0.2, 0) is 0 Å². The van der Waals surface area contributed by atoms with Crippen molar-refractivity contribution in [2.24, 2.45) is 0 Å². The summed E-state index contributed by atoms with van der Waals surface area (Å²) >= 11 is 0. The lowest BCUT2D eigenvalue weighted by atomic mass is 10.0. The molecular formula is C30H62S2. The number of hydrogen-bond acceptors (Lipinski definition) is 2. The zero-order valence-corrected chi connectivity index (χ0v) is 24.2. The van der Waals surface area contributed by atoms with E-state index in [0.717, 1.165) is 0 Å². The number of unbranched alkanes of at least 4 members (excludes halogenated alkanes) is 24. The fourth-order valence-electron chi connectivity index (χ4n) is 4.48. The highest BCUT2D eigenvalue weighted by Crippen LogP contribution is 2.25. The van der Waals surface area contributed by atoms with Crippen LogP contribution in [0.4, 0.5) is 0 Å². The predicted molar refractivity (Wildman–Crippen MR) is 156 cm³/mol. The minimum absolute atomic E-state index is 1.37. The van der Waals surface area contributed by atoms with Crippen LogP contribution >= 0.6 is 21.6 Å². The molecule has 0 aromatic rings. The summed E-state index contributed by atoms with van der Waals surface area (Å²) < 4.78 is 0. The van der Waals surface area contributed by atoms with Gasteiger partial charge in [-0.2, -0.15) is 0 Å². The molecule has 32 heavy (non-hydrogen) atoms. The van der Waals surface area contributed by atoms with Crippen LogP contribution in [0.3, 0.4) is 0 Å². The Labute approximate surface area is 213 Å². The van der Waals surface area contributed by atoms with Crippen LogP contribution in [0.1, 0.15) is 181 Å². The van der Waals surface area contributed by atoms with Crippen molar-refractivity contribution in [2.75, 3.05) is 11.5 Å². The summed E-state index contributed by atoms with van der Waals surface area (Å²) in [6, 6.07) is 0. The topological polar surface area (TPSA) is 0 Å². The molecule has 0 atom stereocenters. The van der Waals surface area contributed by atoms with Gasteiger partial charge in [0.15, 0.2) is 0 Å². The molecule has 0 aliphatic carbocycles. The van der Waals surface area contributed by atoms with Gasteiger partial charge in [0, 0.05) is 11.5 Å². The predicted octanol–water partition coefficient (Wildman–Crippen LogP) is 12.6. The van der Waals surface area contributed by atoms with E-state index in [1.165, 1.54) is 178 Å². The van der Waals surface area contributed by atoms with Crippen LogP contribution in [0, 0.1) is 0 Å². The molecule has 0 aromatic heterocycles. The van der Waals surface area contributed by atoms with Crippen LogP contribution in [-0.4, -0.2) is 11.5 Å². The Kier molecular flexibility index (Phi) is 32.4. The highest BCUT2D eigenvalue weighted by atomic mass is 33.1. The summed E-state index contributed by atoms with van der Waals surface area (Å²) in [5.74, 6) is 2.75. The Morgan fingerprint density at radius 3 is 0.656 bits per heavy atom. The van der Waals surface area contributed by atoms with Gasteiger partial charge in [0.2, 0.25) is 0 Å². The molecule has 0 saturated carbocycles. The zero-order chi connectivity index (χ0) is 23.2. The Morgan fingerprint density at radius 1 is 0.250 bits per heavy atom. The first-order valence-corrected chi connectivity index (χ1v) is 17.6. The fraction of sp³-hybridized carbons (Fsp3) is 1.00. The maximum Gasteiger partial charge on any atom is 0.00369 e. The molecule has 0 spiro atoms. The maximum atomic E-state index is 2.30. The third kappa shape index (κ3) is 30.7. The van der Waals surface area contributed by atoms with Crippen molar-refractivity contribution in [1.82, 2.24) is 0 Å². The van der Waals surface area contributed by atoms with E-state index in [-0.39, 0.29) is 0 Å². The van der Waals surface area contributed by atoms with E-state index >= 15 is 0 Å². The fourth-order valence-corrected chi connectivity index (χ4v) is 6.77. The van der Waals surface area contributed by atoms with Crippen molar-refractivity contribution in [3.05, 3.63) is 0 Å². The van der Waals surface area contributed by atoms with Crippen molar-refractivity contribution in [3.8, 4) is 0 Å². The molecule has 0 aromatic carbocycles. The van der Waals surface area contributed by atoms with Gasteiger partial charge < -0.3 is 0 Å². The molecule has 0 nitrogen and oxygen atoms in total. The average Bonchev–Trinajstić information content (AvgIpc) is 2.81. The van der Waals surface area contributed by atoms with Crippen molar-refractivity contribution < 1.29 is 0 Å². The third-order valence-corrected chi connectivity index (χ3v) is 9.32. The second kappa shape index (κ2) is 31.7. The Balaban J connectivity index is 2.98. The molecule has 0 bridgehead atoms. The molecule has 0 radical (unpaired) electrons. The summed E-state index contributed by atoms with van der Waals surface area (Å²) in [5.41, 5.74) is 0. The summed E-state index contributed by atoms with van der Waals surface area (Å²) in [6.07, 6.45) is 38.0. The highest BCUT2D eigenvalue weighted by molar-refractivity contribution is 8.76. The van der Waals surface area contributed by atoms with Gasteiger partial charge in [0.05, 0.1) is 0 Å². The van der Waals surface area contributed by atoms with Crippen LogP contribution in [0.2, 0.25) is 0 Å². The second-order valence-electron chi connectivity index (χ2n) is 10.1. The molecule has 0 amide bonds. The molecule has 0 fully saturated rings. The molecule has 0 aliphatic heterocycles. The standard InChI is InChI=1S/C30H62S2/c1-3-5-7-9-11-13-15-16-17-18-19-20-22-24-26-28-30-32-31-29-27-25-23-21-14-12-10-8-6-4-2/h3-30H2,1-2H3. The van der Waals surface area contributed by atoms with Gasteiger partial charge in [-0.1, -0.05) is 190 Å². The van der Waals surface area contributed by atoms with Crippen LogP contribution in [0.15, 0.2) is 0 Å². The van der Waals surface area contributed by atoms with Crippen molar-refractivity contribution in [2.45, 2.75) is 181 Å². The average molecular weight is 487 g/mol. The maximum absolute atomic E-state index is 2.30. The van der Waals surface area contributed by atoms with E-state index in [0.29, 0.717) is 0 Å². The van der Waals surface area contributed by atoms with Crippen LogP contribution < -0.4 is 0 Å². The van der Waals surface area contributed by atoms with E-state index in [1.807, 2.05) is 0 Å². The molecule has 0 aliphatic rings. The lowest BCUT2D eigenvalue weighted by Gasteiger charge is -2.04. The van der Waals surface area contributed by atoms with Gasteiger partial charge >= 0.3 is 0 Å². The van der Waals surface area contributed by atoms with Gasteiger partial charge in [-0.3, -0.25) is 0 Å². The van der Waals surface area contributed by atoms with E-state index < -0.39 is 0 Å². The normalized spacial score (nSPS) is 11.4. The third-order valence-electron chi connectivity index (χ3n) is 6.75. The molecule has 0 N–H and O–H groups in total. The van der Waals surface area contributed by atoms with E-state index in [2.05, 4.69) is 35.4 Å². The largest absolute Gasteiger partial charge is 0.0942 e. The first-order valence-electron chi connectivity index (χ1n) is 15.2. The van der Waals surface area contributed by atoms with Crippen molar-refractivity contribution in [1.29, 1.82) is 0 Å². The molecule has 0 unspecified atom stereocenters. The first kappa shape index (κ1) is 32.7. The van der Waals surface area contributed by atoms with E-state index in [9.17, 15) is 0 Å². The molecular weight excluding hydrogens is 424 g/mol. The first-order chi connectivity index (χ1) is 15.9. The SMILES string of the molecule is CCCCCCCCCCCCCCCCCCSSCCCCCCCCCCCC.